The summed E-state index contributed by atoms with van der Waals surface area (Å²) in [6.45, 7) is 7.68. The zero-order valence-electron chi connectivity index (χ0n) is 11.0. The largest absolute Gasteiger partial charge is 0.320 e. The monoisotopic (exact) mass is 224 g/mol. The molecule has 0 spiro atoms. The van der Waals surface area contributed by atoms with E-state index in [4.69, 9.17) is 0 Å². The van der Waals surface area contributed by atoms with Gasteiger partial charge < -0.3 is 10.2 Å². The van der Waals surface area contributed by atoms with Gasteiger partial charge in [-0.25, -0.2) is 0 Å². The van der Waals surface area contributed by atoms with Crippen molar-refractivity contribution in [3.8, 4) is 0 Å². The molecule has 1 N–H and O–H groups in total. The second-order valence-corrected chi connectivity index (χ2v) is 5.96. The van der Waals surface area contributed by atoms with Gasteiger partial charge in [-0.15, -0.1) is 0 Å². The normalized spacial score (nSPS) is 35.2. The summed E-state index contributed by atoms with van der Waals surface area (Å²) in [5.74, 6) is 3.06. The zero-order valence-corrected chi connectivity index (χ0v) is 11.0. The highest BCUT2D eigenvalue weighted by Crippen LogP contribution is 2.40. The average Bonchev–Trinajstić information content (AvgIpc) is 3.01. The summed E-state index contributed by atoms with van der Waals surface area (Å²) in [6, 6.07) is 0. The van der Waals surface area contributed by atoms with E-state index in [2.05, 4.69) is 24.2 Å². The predicted octanol–water partition coefficient (Wildman–Crippen LogP) is 2.35. The van der Waals surface area contributed by atoms with E-state index in [-0.39, 0.29) is 0 Å². The number of nitrogens with zero attached hydrogens (tertiary/aromatic N) is 1. The summed E-state index contributed by atoms with van der Waals surface area (Å²) < 4.78 is 0. The minimum absolute atomic E-state index is 0.956. The maximum Gasteiger partial charge on any atom is 0.00101 e. The molecule has 1 aliphatic heterocycles. The van der Waals surface area contributed by atoms with Gasteiger partial charge in [0, 0.05) is 6.54 Å². The van der Waals surface area contributed by atoms with Crippen molar-refractivity contribution in [2.75, 3.05) is 33.2 Å². The predicted molar refractivity (Wildman–Crippen MR) is 69.6 cm³/mol. The van der Waals surface area contributed by atoms with E-state index >= 15 is 0 Å². The van der Waals surface area contributed by atoms with Crippen LogP contribution in [0.3, 0.4) is 0 Å². The van der Waals surface area contributed by atoms with Crippen molar-refractivity contribution in [1.82, 2.24) is 10.2 Å². The fourth-order valence-corrected chi connectivity index (χ4v) is 3.09. The van der Waals surface area contributed by atoms with E-state index in [9.17, 15) is 0 Å². The number of hydrogen-bond donors (Lipinski definition) is 1. The molecule has 1 heterocycles. The van der Waals surface area contributed by atoms with Gasteiger partial charge in [0.1, 0.15) is 0 Å². The van der Waals surface area contributed by atoms with Crippen LogP contribution < -0.4 is 5.32 Å². The Kier molecular flexibility index (Phi) is 4.66. The molecule has 2 rings (SSSR count). The minimum Gasteiger partial charge on any atom is -0.320 e. The molecule has 0 aromatic heterocycles. The highest BCUT2D eigenvalue weighted by molar-refractivity contribution is 4.84. The molecule has 2 fully saturated rings. The quantitative estimate of drug-likeness (QED) is 0.745. The number of rotatable bonds is 6. The first-order valence-electron chi connectivity index (χ1n) is 7.16. The third-order valence-corrected chi connectivity index (χ3v) is 4.50. The Labute approximate surface area is 101 Å². The van der Waals surface area contributed by atoms with Crippen LogP contribution in [0.1, 0.15) is 39.0 Å². The molecular weight excluding hydrogens is 196 g/mol. The third-order valence-electron chi connectivity index (χ3n) is 4.50. The second-order valence-electron chi connectivity index (χ2n) is 5.96. The summed E-state index contributed by atoms with van der Waals surface area (Å²) in [6.07, 6.45) is 7.20. The molecule has 0 amide bonds. The average molecular weight is 224 g/mol. The van der Waals surface area contributed by atoms with Crippen molar-refractivity contribution >= 4 is 0 Å². The van der Waals surface area contributed by atoms with Crippen molar-refractivity contribution < 1.29 is 0 Å². The van der Waals surface area contributed by atoms with E-state index in [0.717, 1.165) is 17.8 Å². The van der Waals surface area contributed by atoms with Gasteiger partial charge in [0.15, 0.2) is 0 Å². The second kappa shape index (κ2) is 6.02. The lowest BCUT2D eigenvalue weighted by Crippen LogP contribution is -2.37. The van der Waals surface area contributed by atoms with Gasteiger partial charge in [0.05, 0.1) is 0 Å². The molecule has 0 bridgehead atoms. The van der Waals surface area contributed by atoms with E-state index in [1.165, 1.54) is 58.3 Å². The lowest BCUT2D eigenvalue weighted by molar-refractivity contribution is 0.164. The van der Waals surface area contributed by atoms with Crippen molar-refractivity contribution in [3.63, 3.8) is 0 Å². The lowest BCUT2D eigenvalue weighted by Gasteiger charge is -2.32. The Morgan fingerprint density at radius 1 is 1.31 bits per heavy atom. The molecule has 3 atom stereocenters. The first-order chi connectivity index (χ1) is 7.79. The lowest BCUT2D eigenvalue weighted by atomic mass is 9.94. The first-order valence-corrected chi connectivity index (χ1v) is 7.16. The molecular formula is C14H28N2. The van der Waals surface area contributed by atoms with Crippen molar-refractivity contribution in [3.05, 3.63) is 0 Å². The van der Waals surface area contributed by atoms with Gasteiger partial charge in [-0.1, -0.05) is 6.92 Å². The molecule has 2 aliphatic rings. The molecule has 94 valence electrons. The number of likely N-dealkylation sites (tertiary alicyclic amines) is 1. The Morgan fingerprint density at radius 2 is 2.12 bits per heavy atom. The summed E-state index contributed by atoms with van der Waals surface area (Å²) in [7, 11) is 2.06. The highest BCUT2D eigenvalue weighted by Gasteiger charge is 2.32. The van der Waals surface area contributed by atoms with Gasteiger partial charge in [0.25, 0.3) is 0 Å². The van der Waals surface area contributed by atoms with Crippen LogP contribution >= 0.6 is 0 Å². The Morgan fingerprint density at radius 3 is 2.81 bits per heavy atom. The maximum atomic E-state index is 3.28. The van der Waals surface area contributed by atoms with E-state index in [0.29, 0.717) is 0 Å². The molecule has 0 aromatic rings. The number of nitrogens with one attached hydrogen (secondary N) is 1. The zero-order chi connectivity index (χ0) is 11.4. The number of piperidine rings is 1. The topological polar surface area (TPSA) is 15.3 Å². The van der Waals surface area contributed by atoms with Crippen LogP contribution in [-0.4, -0.2) is 38.1 Å². The Balaban J connectivity index is 1.61. The van der Waals surface area contributed by atoms with Gasteiger partial charge >= 0.3 is 0 Å². The standard InChI is InChI=1S/C14H28N2/c1-12-10-14(12)6-9-16-8-3-4-13(11-16)5-7-15-2/h12-15H,3-11H2,1-2H3/t12?,13-,14?/m0/s1. The molecule has 2 unspecified atom stereocenters. The SMILES string of the molecule is CNCC[C@@H]1CCCN(CCC2CC2C)C1. The molecule has 1 saturated heterocycles. The Hall–Kier alpha value is -0.0800. The molecule has 0 radical (unpaired) electrons. The van der Waals surface area contributed by atoms with Gasteiger partial charge in [-0.05, 0) is 76.5 Å². The van der Waals surface area contributed by atoms with Crippen molar-refractivity contribution in [2.45, 2.75) is 39.0 Å². The fraction of sp³-hybridized carbons (Fsp3) is 1.00. The summed E-state index contributed by atoms with van der Waals surface area (Å²) >= 11 is 0. The van der Waals surface area contributed by atoms with Crippen LogP contribution in [0.4, 0.5) is 0 Å². The molecule has 2 nitrogen and oxygen atoms in total. The van der Waals surface area contributed by atoms with Crippen LogP contribution in [-0.2, 0) is 0 Å². The summed E-state index contributed by atoms with van der Waals surface area (Å²) in [4.78, 5) is 2.72. The number of hydrogen-bond acceptors (Lipinski definition) is 2. The van der Waals surface area contributed by atoms with Crippen molar-refractivity contribution in [2.24, 2.45) is 17.8 Å². The van der Waals surface area contributed by atoms with Gasteiger partial charge in [-0.2, -0.15) is 0 Å². The fourth-order valence-electron chi connectivity index (χ4n) is 3.09. The molecule has 2 heteroatoms. The smallest absolute Gasteiger partial charge is 0.00101 e. The summed E-state index contributed by atoms with van der Waals surface area (Å²) in [5, 5.41) is 3.28. The third kappa shape index (κ3) is 3.74. The maximum absolute atomic E-state index is 3.28. The molecule has 0 aromatic carbocycles. The Bertz CT molecular complexity index is 205. The van der Waals surface area contributed by atoms with Crippen LogP contribution in [0.25, 0.3) is 0 Å². The molecule has 1 aliphatic carbocycles. The molecule has 16 heavy (non-hydrogen) atoms. The van der Waals surface area contributed by atoms with Crippen LogP contribution in [0.5, 0.6) is 0 Å². The van der Waals surface area contributed by atoms with Crippen LogP contribution in [0.2, 0.25) is 0 Å². The summed E-state index contributed by atoms with van der Waals surface area (Å²) in [5.41, 5.74) is 0. The molecule has 1 saturated carbocycles. The van der Waals surface area contributed by atoms with E-state index in [1.807, 2.05) is 0 Å². The van der Waals surface area contributed by atoms with Crippen molar-refractivity contribution in [1.29, 1.82) is 0 Å². The van der Waals surface area contributed by atoms with Gasteiger partial charge in [0.2, 0.25) is 0 Å². The van der Waals surface area contributed by atoms with E-state index < -0.39 is 0 Å². The minimum atomic E-state index is 0.956. The van der Waals surface area contributed by atoms with Gasteiger partial charge in [-0.3, -0.25) is 0 Å². The van der Waals surface area contributed by atoms with E-state index in [1.54, 1.807) is 0 Å². The van der Waals surface area contributed by atoms with Crippen LogP contribution in [0.15, 0.2) is 0 Å². The highest BCUT2D eigenvalue weighted by atomic mass is 15.1. The first kappa shape index (κ1) is 12.4. The van der Waals surface area contributed by atoms with Crippen LogP contribution in [0, 0.1) is 17.8 Å².